The largest absolute Gasteiger partial charge is 0.456 e. The number of fused-ring (bicyclic) bond motifs is 6. The van der Waals surface area contributed by atoms with Crippen molar-refractivity contribution in [1.29, 1.82) is 0 Å². The third-order valence-electron chi connectivity index (χ3n) is 9.36. The second kappa shape index (κ2) is 11.6. The number of benzene rings is 7. The Kier molecular flexibility index (Phi) is 6.64. The van der Waals surface area contributed by atoms with Crippen LogP contribution in [0.15, 0.2) is 168 Å². The molecule has 3 heterocycles. The average molecular weight is 658 g/mol. The van der Waals surface area contributed by atoms with E-state index in [1.165, 1.54) is 36.9 Å². The van der Waals surface area contributed by atoms with Crippen molar-refractivity contribution < 1.29 is 4.42 Å². The molecule has 234 valence electrons. The lowest BCUT2D eigenvalue weighted by Gasteiger charge is -2.09. The summed E-state index contributed by atoms with van der Waals surface area (Å²) >= 11 is 1.80. The normalized spacial score (nSPS) is 11.6. The van der Waals surface area contributed by atoms with Crippen LogP contribution in [-0.2, 0) is 0 Å². The zero-order chi connectivity index (χ0) is 33.0. The molecule has 7 aromatic carbocycles. The van der Waals surface area contributed by atoms with Gasteiger partial charge in [-0.15, -0.1) is 11.3 Å². The Morgan fingerprint density at radius 2 is 0.760 bits per heavy atom. The van der Waals surface area contributed by atoms with Crippen LogP contribution in [0, 0.1) is 0 Å². The molecule has 3 aromatic heterocycles. The summed E-state index contributed by atoms with van der Waals surface area (Å²) in [6.07, 6.45) is 0. The lowest BCUT2D eigenvalue weighted by molar-refractivity contribution is 0.669. The predicted molar refractivity (Wildman–Crippen MR) is 207 cm³/mol. The first-order chi connectivity index (χ1) is 24.7. The molecule has 0 fully saturated rings. The standard InChI is InChI=1S/C45H27N3OS/c1-3-9-28(10-4-1)30-15-17-31(18-16-30)43-46-44(33-20-22-36-35-13-7-8-14-39(35)49-40(36)25-33)48-45(47-43)34-21-24-38-37-23-19-32(29-11-5-2-6-12-29)26-41(37)50-42(38)27-34/h1-27H. The van der Waals surface area contributed by atoms with Crippen LogP contribution >= 0.6 is 11.3 Å². The molecule has 0 N–H and O–H groups in total. The fraction of sp³-hybridized carbons (Fsp3) is 0. The van der Waals surface area contributed by atoms with E-state index in [0.717, 1.165) is 44.2 Å². The Morgan fingerprint density at radius 3 is 1.44 bits per heavy atom. The van der Waals surface area contributed by atoms with Gasteiger partial charge in [-0.2, -0.15) is 0 Å². The highest BCUT2D eigenvalue weighted by molar-refractivity contribution is 7.25. The quantitative estimate of drug-likeness (QED) is 0.185. The summed E-state index contributed by atoms with van der Waals surface area (Å²) < 4.78 is 8.70. The number of nitrogens with zero attached hydrogens (tertiary/aromatic N) is 3. The zero-order valence-electron chi connectivity index (χ0n) is 26.7. The van der Waals surface area contributed by atoms with Crippen LogP contribution in [0.3, 0.4) is 0 Å². The van der Waals surface area contributed by atoms with Crippen LogP contribution in [0.5, 0.6) is 0 Å². The smallest absolute Gasteiger partial charge is 0.164 e. The van der Waals surface area contributed by atoms with Gasteiger partial charge in [-0.3, -0.25) is 0 Å². The van der Waals surface area contributed by atoms with Crippen LogP contribution in [0.4, 0.5) is 0 Å². The van der Waals surface area contributed by atoms with Crippen LogP contribution in [0.2, 0.25) is 0 Å². The van der Waals surface area contributed by atoms with Gasteiger partial charge in [0.05, 0.1) is 0 Å². The number of hydrogen-bond donors (Lipinski definition) is 0. The summed E-state index contributed by atoms with van der Waals surface area (Å²) in [6, 6.07) is 57.0. The van der Waals surface area contributed by atoms with E-state index < -0.39 is 0 Å². The molecule has 0 amide bonds. The lowest BCUT2D eigenvalue weighted by Crippen LogP contribution is -2.00. The molecule has 0 radical (unpaired) electrons. The first-order valence-electron chi connectivity index (χ1n) is 16.6. The van der Waals surface area contributed by atoms with Crippen molar-refractivity contribution in [2.75, 3.05) is 0 Å². The molecule has 0 spiro atoms. The van der Waals surface area contributed by atoms with Gasteiger partial charge in [0.1, 0.15) is 11.2 Å². The first kappa shape index (κ1) is 28.6. The molecule has 0 unspecified atom stereocenters. The third-order valence-corrected chi connectivity index (χ3v) is 10.5. The van der Waals surface area contributed by atoms with Gasteiger partial charge >= 0.3 is 0 Å². The Labute approximate surface area is 292 Å². The minimum Gasteiger partial charge on any atom is -0.456 e. The number of para-hydroxylation sites is 1. The van der Waals surface area contributed by atoms with E-state index in [4.69, 9.17) is 19.4 Å². The summed E-state index contributed by atoms with van der Waals surface area (Å²) in [6.45, 7) is 0. The van der Waals surface area contributed by atoms with Gasteiger partial charge in [-0.1, -0.05) is 133 Å². The van der Waals surface area contributed by atoms with Crippen molar-refractivity contribution in [3.8, 4) is 56.4 Å². The Balaban J connectivity index is 1.11. The van der Waals surface area contributed by atoms with Crippen molar-refractivity contribution in [3.63, 3.8) is 0 Å². The molecule has 0 aliphatic rings. The molecule has 10 aromatic rings. The molecule has 0 saturated carbocycles. The molecule has 0 aliphatic heterocycles. The molecule has 0 saturated heterocycles. The predicted octanol–water partition coefficient (Wildman–Crippen LogP) is 12.5. The molecule has 50 heavy (non-hydrogen) atoms. The third kappa shape index (κ3) is 4.95. The zero-order valence-corrected chi connectivity index (χ0v) is 27.6. The van der Waals surface area contributed by atoms with Gasteiger partial charge in [0.15, 0.2) is 17.5 Å². The van der Waals surface area contributed by atoms with Gasteiger partial charge in [-0.25, -0.2) is 15.0 Å². The number of furan rings is 1. The Hall–Kier alpha value is -6.43. The lowest BCUT2D eigenvalue weighted by atomic mass is 10.0. The van der Waals surface area contributed by atoms with Crippen LogP contribution in [-0.4, -0.2) is 15.0 Å². The maximum Gasteiger partial charge on any atom is 0.164 e. The van der Waals surface area contributed by atoms with E-state index in [-0.39, 0.29) is 0 Å². The maximum absolute atomic E-state index is 6.24. The highest BCUT2D eigenvalue weighted by atomic mass is 32.1. The van der Waals surface area contributed by atoms with Gasteiger partial charge in [-0.05, 0) is 52.6 Å². The van der Waals surface area contributed by atoms with Gasteiger partial charge < -0.3 is 4.42 Å². The summed E-state index contributed by atoms with van der Waals surface area (Å²) in [5, 5.41) is 4.65. The van der Waals surface area contributed by atoms with Crippen molar-refractivity contribution in [2.45, 2.75) is 0 Å². The summed E-state index contributed by atoms with van der Waals surface area (Å²) in [5.41, 5.74) is 9.17. The molecular weight excluding hydrogens is 631 g/mol. The number of aromatic nitrogens is 3. The highest BCUT2D eigenvalue weighted by Gasteiger charge is 2.16. The molecule has 10 rings (SSSR count). The van der Waals surface area contributed by atoms with Crippen LogP contribution in [0.25, 0.3) is 98.5 Å². The van der Waals surface area contributed by atoms with Gasteiger partial charge in [0.25, 0.3) is 0 Å². The topological polar surface area (TPSA) is 51.8 Å². The number of thiophene rings is 1. The van der Waals surface area contributed by atoms with E-state index in [0.29, 0.717) is 17.5 Å². The molecule has 0 bridgehead atoms. The van der Waals surface area contributed by atoms with E-state index in [1.807, 2.05) is 30.3 Å². The summed E-state index contributed by atoms with van der Waals surface area (Å²) in [4.78, 5) is 15.2. The first-order valence-corrected chi connectivity index (χ1v) is 17.4. The van der Waals surface area contributed by atoms with Gasteiger partial charge in [0, 0.05) is 47.6 Å². The summed E-state index contributed by atoms with van der Waals surface area (Å²) in [5.74, 6) is 1.85. The van der Waals surface area contributed by atoms with Crippen molar-refractivity contribution in [3.05, 3.63) is 164 Å². The van der Waals surface area contributed by atoms with E-state index in [2.05, 4.69) is 133 Å². The fourth-order valence-electron chi connectivity index (χ4n) is 6.80. The highest BCUT2D eigenvalue weighted by Crippen LogP contribution is 2.39. The SMILES string of the molecule is c1ccc(-c2ccc(-c3nc(-c4ccc5c(c4)oc4ccccc45)nc(-c4ccc5c(c4)sc4cc(-c6ccccc6)ccc45)n3)cc2)cc1. The van der Waals surface area contributed by atoms with Crippen LogP contribution < -0.4 is 0 Å². The molecule has 4 nitrogen and oxygen atoms in total. The monoisotopic (exact) mass is 657 g/mol. The van der Waals surface area contributed by atoms with Crippen molar-refractivity contribution in [2.24, 2.45) is 0 Å². The van der Waals surface area contributed by atoms with E-state index >= 15 is 0 Å². The Morgan fingerprint density at radius 1 is 0.320 bits per heavy atom. The number of rotatable bonds is 5. The minimum absolute atomic E-state index is 0.600. The average Bonchev–Trinajstić information content (AvgIpc) is 3.75. The summed E-state index contributed by atoms with van der Waals surface area (Å²) in [7, 11) is 0. The van der Waals surface area contributed by atoms with Gasteiger partial charge in [0.2, 0.25) is 0 Å². The molecular formula is C45H27N3OS. The van der Waals surface area contributed by atoms with E-state index in [1.54, 1.807) is 11.3 Å². The van der Waals surface area contributed by atoms with E-state index in [9.17, 15) is 0 Å². The molecule has 0 atom stereocenters. The fourth-order valence-corrected chi connectivity index (χ4v) is 7.98. The van der Waals surface area contributed by atoms with Crippen molar-refractivity contribution in [1.82, 2.24) is 15.0 Å². The second-order valence-corrected chi connectivity index (χ2v) is 13.5. The van der Waals surface area contributed by atoms with Crippen molar-refractivity contribution >= 4 is 53.4 Å². The Bertz CT molecular complexity index is 2860. The maximum atomic E-state index is 6.24. The minimum atomic E-state index is 0.600. The second-order valence-electron chi connectivity index (χ2n) is 12.4. The molecule has 0 aliphatic carbocycles. The number of hydrogen-bond acceptors (Lipinski definition) is 5. The van der Waals surface area contributed by atoms with Crippen LogP contribution in [0.1, 0.15) is 0 Å². The molecule has 5 heteroatoms.